The van der Waals surface area contributed by atoms with Crippen molar-refractivity contribution in [1.29, 1.82) is 0 Å². The molecule has 3 heterocycles. The Balaban J connectivity index is 2.10. The van der Waals surface area contributed by atoms with Crippen molar-refractivity contribution in [3.05, 3.63) is 46.4 Å². The summed E-state index contributed by atoms with van der Waals surface area (Å²) < 4.78 is 5.22. The Morgan fingerprint density at radius 3 is 2.64 bits per heavy atom. The highest BCUT2D eigenvalue weighted by Gasteiger charge is 2.23. The first-order chi connectivity index (χ1) is 13.4. The van der Waals surface area contributed by atoms with Crippen molar-refractivity contribution in [3.8, 4) is 0 Å². The van der Waals surface area contributed by atoms with E-state index in [0.29, 0.717) is 24.6 Å². The van der Waals surface area contributed by atoms with Gasteiger partial charge in [0.05, 0.1) is 18.5 Å². The van der Waals surface area contributed by atoms with Gasteiger partial charge in [0.2, 0.25) is 0 Å². The molecule has 0 aliphatic heterocycles. The standard InChI is InChI=1S/C20H25N5O2S/c1-6-27-20(26)17-13(2)16-18(25(5)11-14-8-7-9-21-10-14)22-15(12-24(3)4)23-19(16)28-17/h7-10H,6,11-12H2,1-5H3. The van der Waals surface area contributed by atoms with Crippen molar-refractivity contribution < 1.29 is 9.53 Å². The van der Waals surface area contributed by atoms with E-state index in [2.05, 4.69) is 9.88 Å². The third-order valence-corrected chi connectivity index (χ3v) is 5.41. The van der Waals surface area contributed by atoms with Gasteiger partial charge in [0, 0.05) is 26.0 Å². The first-order valence-electron chi connectivity index (χ1n) is 9.12. The number of aryl methyl sites for hydroxylation is 1. The van der Waals surface area contributed by atoms with Crippen molar-refractivity contribution in [2.24, 2.45) is 0 Å². The lowest BCUT2D eigenvalue weighted by atomic mass is 10.2. The van der Waals surface area contributed by atoms with Gasteiger partial charge in [-0.1, -0.05) is 6.07 Å². The summed E-state index contributed by atoms with van der Waals surface area (Å²) in [5, 5.41) is 0.905. The summed E-state index contributed by atoms with van der Waals surface area (Å²) in [6.07, 6.45) is 3.61. The Hall–Kier alpha value is -2.58. The van der Waals surface area contributed by atoms with E-state index in [0.717, 1.165) is 33.0 Å². The smallest absolute Gasteiger partial charge is 0.348 e. The highest BCUT2D eigenvalue weighted by atomic mass is 32.1. The number of anilines is 1. The van der Waals surface area contributed by atoms with Crippen LogP contribution in [0.4, 0.5) is 5.82 Å². The molecular weight excluding hydrogens is 374 g/mol. The van der Waals surface area contributed by atoms with Crippen molar-refractivity contribution in [3.63, 3.8) is 0 Å². The van der Waals surface area contributed by atoms with Gasteiger partial charge in [-0.3, -0.25) is 4.98 Å². The average molecular weight is 400 g/mol. The molecule has 0 spiro atoms. The number of hydrogen-bond donors (Lipinski definition) is 0. The van der Waals surface area contributed by atoms with Gasteiger partial charge >= 0.3 is 5.97 Å². The number of rotatable bonds is 7. The van der Waals surface area contributed by atoms with Crippen LogP contribution in [0.5, 0.6) is 0 Å². The number of nitrogens with zero attached hydrogens (tertiary/aromatic N) is 5. The average Bonchev–Trinajstić information content (AvgIpc) is 2.98. The molecule has 0 saturated carbocycles. The largest absolute Gasteiger partial charge is 0.462 e. The molecule has 0 fully saturated rings. The van der Waals surface area contributed by atoms with Gasteiger partial charge in [-0.2, -0.15) is 0 Å². The number of thiophene rings is 1. The third-order valence-electron chi connectivity index (χ3n) is 4.24. The summed E-state index contributed by atoms with van der Waals surface area (Å²) in [5.41, 5.74) is 1.95. The quantitative estimate of drug-likeness (QED) is 0.565. The normalized spacial score (nSPS) is 11.2. The van der Waals surface area contributed by atoms with Crippen molar-refractivity contribution in [1.82, 2.24) is 19.9 Å². The van der Waals surface area contributed by atoms with E-state index in [1.807, 2.05) is 58.2 Å². The van der Waals surface area contributed by atoms with E-state index in [4.69, 9.17) is 14.7 Å². The second-order valence-corrected chi connectivity index (χ2v) is 7.87. The molecule has 8 heteroatoms. The van der Waals surface area contributed by atoms with E-state index >= 15 is 0 Å². The predicted molar refractivity (Wildman–Crippen MR) is 112 cm³/mol. The summed E-state index contributed by atoms with van der Waals surface area (Å²) in [4.78, 5) is 31.6. The number of carbonyl (C=O) groups excluding carboxylic acids is 1. The molecular formula is C20H25N5O2S. The van der Waals surface area contributed by atoms with E-state index < -0.39 is 0 Å². The SMILES string of the molecule is CCOC(=O)c1sc2nc(CN(C)C)nc(N(C)Cc3cccnc3)c2c1C. The molecule has 7 nitrogen and oxygen atoms in total. The van der Waals surface area contributed by atoms with E-state index in [-0.39, 0.29) is 5.97 Å². The molecule has 3 rings (SSSR count). The Morgan fingerprint density at radius 2 is 2.00 bits per heavy atom. The van der Waals surface area contributed by atoms with Gasteiger partial charge in [0.25, 0.3) is 0 Å². The first-order valence-corrected chi connectivity index (χ1v) is 9.94. The number of carbonyl (C=O) groups is 1. The van der Waals surface area contributed by atoms with Crippen LogP contribution in [0.2, 0.25) is 0 Å². The van der Waals surface area contributed by atoms with E-state index in [1.54, 1.807) is 6.20 Å². The summed E-state index contributed by atoms with van der Waals surface area (Å²) >= 11 is 1.37. The predicted octanol–water partition coefficient (Wildman–Crippen LogP) is 3.27. The van der Waals surface area contributed by atoms with Crippen molar-refractivity contribution in [2.45, 2.75) is 26.9 Å². The summed E-state index contributed by atoms with van der Waals surface area (Å²) in [6.45, 7) is 5.36. The Bertz CT molecular complexity index is 972. The second-order valence-electron chi connectivity index (χ2n) is 6.88. The maximum Gasteiger partial charge on any atom is 0.348 e. The molecule has 28 heavy (non-hydrogen) atoms. The first kappa shape index (κ1) is 20.2. The molecule has 148 valence electrons. The number of ether oxygens (including phenoxy) is 1. The molecule has 0 radical (unpaired) electrons. The number of aromatic nitrogens is 3. The van der Waals surface area contributed by atoms with Gasteiger partial charge in [-0.05, 0) is 45.1 Å². The van der Waals surface area contributed by atoms with Gasteiger partial charge in [-0.25, -0.2) is 14.8 Å². The number of hydrogen-bond acceptors (Lipinski definition) is 8. The van der Waals surface area contributed by atoms with Gasteiger partial charge < -0.3 is 14.5 Å². The third kappa shape index (κ3) is 4.28. The monoisotopic (exact) mass is 399 g/mol. The number of pyridine rings is 1. The molecule has 3 aromatic heterocycles. The van der Waals surface area contributed by atoms with Gasteiger partial charge in [-0.15, -0.1) is 11.3 Å². The molecule has 0 N–H and O–H groups in total. The van der Waals surface area contributed by atoms with Crippen LogP contribution >= 0.6 is 11.3 Å². The fraction of sp³-hybridized carbons (Fsp3) is 0.400. The lowest BCUT2D eigenvalue weighted by Crippen LogP contribution is -2.20. The molecule has 0 aliphatic carbocycles. The molecule has 0 aromatic carbocycles. The summed E-state index contributed by atoms with van der Waals surface area (Å²) in [7, 11) is 5.96. The minimum Gasteiger partial charge on any atom is -0.462 e. The Kier molecular flexibility index (Phi) is 6.21. The zero-order valence-corrected chi connectivity index (χ0v) is 17.7. The summed E-state index contributed by atoms with van der Waals surface area (Å²) in [6, 6.07) is 3.96. The zero-order valence-electron chi connectivity index (χ0n) is 16.9. The molecule has 3 aromatic rings. The Morgan fingerprint density at radius 1 is 1.21 bits per heavy atom. The van der Waals surface area contributed by atoms with Crippen molar-refractivity contribution >= 4 is 33.3 Å². The molecule has 0 bridgehead atoms. The molecule has 0 amide bonds. The van der Waals surface area contributed by atoms with Crippen LogP contribution in [0.15, 0.2) is 24.5 Å². The van der Waals surface area contributed by atoms with E-state index in [9.17, 15) is 4.79 Å². The molecule has 0 unspecified atom stereocenters. The molecule has 0 atom stereocenters. The van der Waals surface area contributed by atoms with Gasteiger partial charge in [0.15, 0.2) is 0 Å². The lowest BCUT2D eigenvalue weighted by Gasteiger charge is -2.20. The van der Waals surface area contributed by atoms with Crippen LogP contribution in [0.3, 0.4) is 0 Å². The lowest BCUT2D eigenvalue weighted by molar-refractivity contribution is 0.0531. The number of esters is 1. The van der Waals surface area contributed by atoms with Crippen LogP contribution in [0.1, 0.15) is 33.5 Å². The van der Waals surface area contributed by atoms with Crippen molar-refractivity contribution in [2.75, 3.05) is 32.6 Å². The maximum absolute atomic E-state index is 12.4. The van der Waals surface area contributed by atoms with E-state index in [1.165, 1.54) is 11.3 Å². The highest BCUT2D eigenvalue weighted by molar-refractivity contribution is 7.20. The summed E-state index contributed by atoms with van der Waals surface area (Å²) in [5.74, 6) is 1.23. The van der Waals surface area contributed by atoms with Crippen LogP contribution in [0, 0.1) is 6.92 Å². The van der Waals surface area contributed by atoms with Crippen LogP contribution in [-0.4, -0.2) is 53.6 Å². The number of fused-ring (bicyclic) bond motifs is 1. The zero-order chi connectivity index (χ0) is 20.3. The minimum absolute atomic E-state index is 0.307. The minimum atomic E-state index is -0.307. The Labute approximate surface area is 169 Å². The molecule has 0 saturated heterocycles. The highest BCUT2D eigenvalue weighted by Crippen LogP contribution is 2.36. The fourth-order valence-corrected chi connectivity index (χ4v) is 4.11. The molecule has 0 aliphatic rings. The van der Waals surface area contributed by atoms with Crippen LogP contribution in [-0.2, 0) is 17.8 Å². The topological polar surface area (TPSA) is 71.5 Å². The fourth-order valence-electron chi connectivity index (χ4n) is 3.02. The second kappa shape index (κ2) is 8.62. The van der Waals surface area contributed by atoms with Gasteiger partial charge in [0.1, 0.15) is 21.3 Å². The van der Waals surface area contributed by atoms with Crippen LogP contribution < -0.4 is 4.90 Å². The maximum atomic E-state index is 12.4. The van der Waals surface area contributed by atoms with Crippen LogP contribution in [0.25, 0.3) is 10.2 Å².